The van der Waals surface area contributed by atoms with Gasteiger partial charge in [-0.15, -0.1) is 0 Å². The van der Waals surface area contributed by atoms with Crippen LogP contribution in [-0.2, 0) is 4.79 Å². The zero-order chi connectivity index (χ0) is 14.1. The van der Waals surface area contributed by atoms with Crippen LogP contribution in [0.5, 0.6) is 0 Å². The van der Waals surface area contributed by atoms with Crippen LogP contribution in [0, 0.1) is 17.8 Å². The maximum atomic E-state index is 12.3. The highest BCUT2D eigenvalue weighted by atomic mass is 35.5. The van der Waals surface area contributed by atoms with Crippen molar-refractivity contribution < 1.29 is 4.79 Å². The highest BCUT2D eigenvalue weighted by molar-refractivity contribution is 6.42. The quantitative estimate of drug-likeness (QED) is 0.771. The Morgan fingerprint density at radius 2 is 2.05 bits per heavy atom. The van der Waals surface area contributed by atoms with Crippen molar-refractivity contribution in [3.8, 4) is 0 Å². The van der Waals surface area contributed by atoms with Crippen LogP contribution < -0.4 is 5.32 Å². The predicted molar refractivity (Wildman–Crippen MR) is 83.2 cm³/mol. The first kappa shape index (κ1) is 14.0. The van der Waals surface area contributed by atoms with Gasteiger partial charge in [0.25, 0.3) is 0 Å². The number of hydrogen-bond acceptors (Lipinski definition) is 1. The first-order chi connectivity index (χ1) is 9.66. The molecule has 2 nitrogen and oxygen atoms in total. The van der Waals surface area contributed by atoms with E-state index < -0.39 is 0 Å². The number of benzene rings is 1. The van der Waals surface area contributed by atoms with Gasteiger partial charge in [0.05, 0.1) is 10.0 Å². The molecule has 0 radical (unpaired) electrons. The smallest absolute Gasteiger partial charge is 0.228 e. The van der Waals surface area contributed by atoms with Crippen molar-refractivity contribution >= 4 is 34.8 Å². The maximum absolute atomic E-state index is 12.3. The van der Waals surface area contributed by atoms with Gasteiger partial charge in [-0.2, -0.15) is 0 Å². The van der Waals surface area contributed by atoms with E-state index in [1.807, 2.05) is 0 Å². The number of carbonyl (C=O) groups is 1. The SMILES string of the molecule is O=C(Nc1ccc(Cl)c(Cl)c1)C1C2/C=C\CCCCC21. The molecule has 1 aromatic rings. The van der Waals surface area contributed by atoms with Crippen molar-refractivity contribution in [2.45, 2.75) is 25.7 Å². The summed E-state index contributed by atoms with van der Waals surface area (Å²) in [5.74, 6) is 1.18. The van der Waals surface area contributed by atoms with E-state index >= 15 is 0 Å². The number of hydrogen-bond donors (Lipinski definition) is 1. The summed E-state index contributed by atoms with van der Waals surface area (Å²) in [5, 5.41) is 3.92. The second kappa shape index (κ2) is 5.79. The molecule has 1 fully saturated rings. The molecule has 3 rings (SSSR count). The number of anilines is 1. The molecule has 0 heterocycles. The van der Waals surface area contributed by atoms with Crippen molar-refractivity contribution in [3.63, 3.8) is 0 Å². The average molecular weight is 310 g/mol. The number of allylic oxidation sites excluding steroid dienone is 2. The van der Waals surface area contributed by atoms with E-state index in [2.05, 4.69) is 17.5 Å². The molecule has 106 valence electrons. The second-order valence-electron chi connectivity index (χ2n) is 5.60. The van der Waals surface area contributed by atoms with E-state index in [-0.39, 0.29) is 11.8 Å². The topological polar surface area (TPSA) is 29.1 Å². The number of rotatable bonds is 2. The minimum Gasteiger partial charge on any atom is -0.326 e. The molecule has 1 N–H and O–H groups in total. The lowest BCUT2D eigenvalue weighted by Gasteiger charge is -2.06. The van der Waals surface area contributed by atoms with Crippen LogP contribution in [0.4, 0.5) is 5.69 Å². The number of halogens is 2. The zero-order valence-corrected chi connectivity index (χ0v) is 12.6. The van der Waals surface area contributed by atoms with Crippen LogP contribution in [0.1, 0.15) is 25.7 Å². The molecule has 0 spiro atoms. The molecule has 0 saturated heterocycles. The number of nitrogens with one attached hydrogen (secondary N) is 1. The van der Waals surface area contributed by atoms with E-state index in [9.17, 15) is 4.79 Å². The Labute approximate surface area is 129 Å². The summed E-state index contributed by atoms with van der Waals surface area (Å²) in [5.41, 5.74) is 0.715. The van der Waals surface area contributed by atoms with Gasteiger partial charge in [0.2, 0.25) is 5.91 Å². The van der Waals surface area contributed by atoms with Gasteiger partial charge in [-0.25, -0.2) is 0 Å². The van der Waals surface area contributed by atoms with E-state index in [1.165, 1.54) is 12.8 Å². The summed E-state index contributed by atoms with van der Waals surface area (Å²) in [6.07, 6.45) is 9.22. The zero-order valence-electron chi connectivity index (χ0n) is 11.1. The fourth-order valence-corrected chi connectivity index (χ4v) is 3.40. The van der Waals surface area contributed by atoms with Crippen LogP contribution in [0.3, 0.4) is 0 Å². The van der Waals surface area contributed by atoms with Gasteiger partial charge in [-0.3, -0.25) is 4.79 Å². The van der Waals surface area contributed by atoms with E-state index in [4.69, 9.17) is 23.2 Å². The summed E-state index contributed by atoms with van der Waals surface area (Å²) < 4.78 is 0. The first-order valence-electron chi connectivity index (χ1n) is 7.09. The molecule has 0 aromatic heterocycles. The van der Waals surface area contributed by atoms with Gasteiger partial charge in [0.1, 0.15) is 0 Å². The standard InChI is InChI=1S/C16H17Cl2NO/c17-13-8-7-10(9-14(13)18)19-16(20)15-11-5-3-1-2-4-6-12(11)15/h3,5,7-9,11-12,15H,1-2,4,6H2,(H,19,20)/b5-3-. The maximum Gasteiger partial charge on any atom is 0.228 e. The van der Waals surface area contributed by atoms with Crippen molar-refractivity contribution in [2.24, 2.45) is 17.8 Å². The molecular weight excluding hydrogens is 293 g/mol. The summed E-state index contributed by atoms with van der Waals surface area (Å²) >= 11 is 11.8. The molecule has 2 aliphatic rings. The molecule has 2 aliphatic carbocycles. The van der Waals surface area contributed by atoms with E-state index in [0.717, 1.165) is 12.8 Å². The van der Waals surface area contributed by atoms with Crippen LogP contribution in [0.2, 0.25) is 10.0 Å². The third-order valence-corrected chi connectivity index (χ3v) is 4.97. The molecule has 1 saturated carbocycles. The molecule has 20 heavy (non-hydrogen) atoms. The van der Waals surface area contributed by atoms with Gasteiger partial charge < -0.3 is 5.32 Å². The fraction of sp³-hybridized carbons (Fsp3) is 0.438. The van der Waals surface area contributed by atoms with Gasteiger partial charge in [-0.05, 0) is 49.3 Å². The molecule has 3 atom stereocenters. The Balaban J connectivity index is 1.66. The van der Waals surface area contributed by atoms with Crippen LogP contribution in [0.15, 0.2) is 30.4 Å². The van der Waals surface area contributed by atoms with Gasteiger partial charge >= 0.3 is 0 Å². The lowest BCUT2D eigenvalue weighted by molar-refractivity contribution is -0.117. The van der Waals surface area contributed by atoms with Gasteiger partial charge in [0.15, 0.2) is 0 Å². The molecular formula is C16H17Cl2NO. The second-order valence-corrected chi connectivity index (χ2v) is 6.41. The third-order valence-electron chi connectivity index (χ3n) is 4.24. The normalized spacial score (nSPS) is 29.8. The number of fused-ring (bicyclic) bond motifs is 1. The van der Waals surface area contributed by atoms with Crippen molar-refractivity contribution in [2.75, 3.05) is 5.32 Å². The van der Waals surface area contributed by atoms with Gasteiger partial charge in [-0.1, -0.05) is 41.8 Å². The highest BCUT2D eigenvalue weighted by Crippen LogP contribution is 2.51. The largest absolute Gasteiger partial charge is 0.326 e. The Morgan fingerprint density at radius 1 is 1.20 bits per heavy atom. The van der Waals surface area contributed by atoms with Gasteiger partial charge in [0, 0.05) is 11.6 Å². The number of amides is 1. The Kier molecular flexibility index (Phi) is 4.04. The first-order valence-corrected chi connectivity index (χ1v) is 7.85. The van der Waals surface area contributed by atoms with Crippen molar-refractivity contribution in [1.29, 1.82) is 0 Å². The third kappa shape index (κ3) is 2.87. The van der Waals surface area contributed by atoms with E-state index in [0.29, 0.717) is 27.6 Å². The molecule has 3 unspecified atom stereocenters. The molecule has 4 heteroatoms. The van der Waals surface area contributed by atoms with Crippen LogP contribution in [-0.4, -0.2) is 5.91 Å². The Morgan fingerprint density at radius 3 is 2.85 bits per heavy atom. The summed E-state index contributed by atoms with van der Waals surface area (Å²) in [4.78, 5) is 12.3. The van der Waals surface area contributed by atoms with E-state index in [1.54, 1.807) is 18.2 Å². The minimum absolute atomic E-state index is 0.102. The summed E-state index contributed by atoms with van der Waals surface area (Å²) in [7, 11) is 0. The van der Waals surface area contributed by atoms with Crippen LogP contribution >= 0.6 is 23.2 Å². The summed E-state index contributed by atoms with van der Waals surface area (Å²) in [6.45, 7) is 0. The lowest BCUT2D eigenvalue weighted by atomic mass is 10.1. The lowest BCUT2D eigenvalue weighted by Crippen LogP contribution is -2.15. The molecule has 0 aliphatic heterocycles. The average Bonchev–Trinajstić information content (AvgIpc) is 3.05. The predicted octanol–water partition coefficient (Wildman–Crippen LogP) is 4.92. The molecule has 1 aromatic carbocycles. The summed E-state index contributed by atoms with van der Waals surface area (Å²) in [6, 6.07) is 5.18. The Bertz CT molecular complexity index is 555. The van der Waals surface area contributed by atoms with Crippen molar-refractivity contribution in [3.05, 3.63) is 40.4 Å². The molecule has 1 amide bonds. The minimum atomic E-state index is 0.102. The fourth-order valence-electron chi connectivity index (χ4n) is 3.10. The van der Waals surface area contributed by atoms with Crippen LogP contribution in [0.25, 0.3) is 0 Å². The van der Waals surface area contributed by atoms with Crippen molar-refractivity contribution in [1.82, 2.24) is 0 Å². The monoisotopic (exact) mass is 309 g/mol. The number of carbonyl (C=O) groups excluding carboxylic acids is 1. The molecule has 0 bridgehead atoms. The highest BCUT2D eigenvalue weighted by Gasteiger charge is 2.52. The Hall–Kier alpha value is -0.990.